The minimum atomic E-state index is -1.00. The molecule has 0 aromatic heterocycles. The number of rotatable bonds is 4. The van der Waals surface area contributed by atoms with Crippen LogP contribution in [-0.4, -0.2) is 28.2 Å². The van der Waals surface area contributed by atoms with Crippen LogP contribution in [0.3, 0.4) is 0 Å². The van der Waals surface area contributed by atoms with Gasteiger partial charge in [-0.1, -0.05) is 54.6 Å². The van der Waals surface area contributed by atoms with Crippen LogP contribution in [-0.2, 0) is 9.59 Å². The monoisotopic (exact) mass is 337 g/mol. The molecule has 1 unspecified atom stereocenters. The molecule has 1 heterocycles. The molecule has 1 amide bonds. The number of aliphatic hydroxyl groups excluding tert-OH is 1. The Balaban J connectivity index is 2.24. The molecule has 1 N–H and O–H groups in total. The Bertz CT molecular complexity index is 874. The Kier molecular flexibility index (Phi) is 4.48. The van der Waals surface area contributed by atoms with Crippen molar-refractivity contribution in [2.45, 2.75) is 6.04 Å². The van der Waals surface area contributed by atoms with Gasteiger partial charge in [-0.05, 0) is 6.07 Å². The van der Waals surface area contributed by atoms with Gasteiger partial charge < -0.3 is 10.0 Å². The van der Waals surface area contributed by atoms with Gasteiger partial charge in [-0.3, -0.25) is 9.59 Å². The van der Waals surface area contributed by atoms with Crippen LogP contribution in [0.5, 0.6) is 0 Å². The Morgan fingerprint density at radius 2 is 1.76 bits per heavy atom. The number of halogens is 1. The number of benzene rings is 2. The van der Waals surface area contributed by atoms with E-state index in [0.29, 0.717) is 5.56 Å². The van der Waals surface area contributed by atoms with Crippen LogP contribution in [0.4, 0.5) is 4.39 Å². The molecule has 0 spiro atoms. The van der Waals surface area contributed by atoms with Crippen LogP contribution in [0, 0.1) is 5.82 Å². The van der Waals surface area contributed by atoms with Gasteiger partial charge in [0, 0.05) is 17.7 Å². The summed E-state index contributed by atoms with van der Waals surface area (Å²) in [7, 11) is 0. The van der Waals surface area contributed by atoms with Crippen LogP contribution in [0.1, 0.15) is 17.2 Å². The molecule has 126 valence electrons. The number of carbonyl (C=O) groups is 2. The molecule has 2 aromatic rings. The predicted molar refractivity (Wildman–Crippen MR) is 92.0 cm³/mol. The Hall–Kier alpha value is -3.21. The summed E-state index contributed by atoms with van der Waals surface area (Å²) in [6.07, 6.45) is 1.46. The second-order valence-corrected chi connectivity index (χ2v) is 5.63. The standard InChI is InChI=1S/C20H16FNO3/c1-2-12-22-17(14-10-6-7-11-15(14)21)16(19(24)20(22)25)18(23)13-8-4-3-5-9-13/h2-11,17,23H,1,12H2. The first-order chi connectivity index (χ1) is 12.1. The Morgan fingerprint density at radius 3 is 2.40 bits per heavy atom. The van der Waals surface area contributed by atoms with Crippen LogP contribution < -0.4 is 0 Å². The van der Waals surface area contributed by atoms with E-state index in [4.69, 9.17) is 0 Å². The number of carbonyl (C=O) groups excluding carboxylic acids is 2. The second-order valence-electron chi connectivity index (χ2n) is 5.63. The summed E-state index contributed by atoms with van der Waals surface area (Å²) >= 11 is 0. The lowest BCUT2D eigenvalue weighted by atomic mass is 9.95. The van der Waals surface area contributed by atoms with Crippen molar-refractivity contribution in [2.75, 3.05) is 6.54 Å². The molecular weight excluding hydrogens is 321 g/mol. The highest BCUT2D eigenvalue weighted by molar-refractivity contribution is 6.46. The van der Waals surface area contributed by atoms with Gasteiger partial charge >= 0.3 is 0 Å². The van der Waals surface area contributed by atoms with Gasteiger partial charge in [0.2, 0.25) is 0 Å². The van der Waals surface area contributed by atoms with E-state index in [2.05, 4.69) is 6.58 Å². The van der Waals surface area contributed by atoms with E-state index in [1.807, 2.05) is 0 Å². The number of nitrogens with zero attached hydrogens (tertiary/aromatic N) is 1. The fourth-order valence-electron chi connectivity index (χ4n) is 2.98. The molecule has 1 saturated heterocycles. The van der Waals surface area contributed by atoms with Crippen LogP contribution >= 0.6 is 0 Å². The van der Waals surface area contributed by atoms with Crippen molar-refractivity contribution in [2.24, 2.45) is 0 Å². The normalized spacial score (nSPS) is 19.2. The topological polar surface area (TPSA) is 57.6 Å². The largest absolute Gasteiger partial charge is 0.507 e. The number of amides is 1. The number of hydrogen-bond donors (Lipinski definition) is 1. The quantitative estimate of drug-likeness (QED) is 0.402. The third-order valence-electron chi connectivity index (χ3n) is 4.11. The van der Waals surface area contributed by atoms with Gasteiger partial charge in [-0.25, -0.2) is 4.39 Å². The minimum absolute atomic E-state index is 0.0646. The van der Waals surface area contributed by atoms with Gasteiger partial charge in [0.25, 0.3) is 11.7 Å². The average molecular weight is 337 g/mol. The molecule has 1 aliphatic rings. The van der Waals surface area contributed by atoms with E-state index in [9.17, 15) is 19.1 Å². The van der Waals surface area contributed by atoms with Gasteiger partial charge in [0.15, 0.2) is 0 Å². The zero-order valence-electron chi connectivity index (χ0n) is 13.4. The summed E-state index contributed by atoms with van der Waals surface area (Å²) < 4.78 is 14.4. The van der Waals surface area contributed by atoms with E-state index in [1.165, 1.54) is 29.2 Å². The number of Topliss-reactive ketones (excluding diaryl/α,β-unsaturated/α-hetero) is 1. The van der Waals surface area contributed by atoms with Gasteiger partial charge in [0.05, 0.1) is 11.6 Å². The Morgan fingerprint density at radius 1 is 1.12 bits per heavy atom. The maximum absolute atomic E-state index is 14.4. The van der Waals surface area contributed by atoms with Crippen molar-refractivity contribution < 1.29 is 19.1 Å². The summed E-state index contributed by atoms with van der Waals surface area (Å²) in [5.74, 6) is -2.50. The molecule has 5 heteroatoms. The third-order valence-corrected chi connectivity index (χ3v) is 4.11. The summed E-state index contributed by atoms with van der Waals surface area (Å²) in [5, 5.41) is 10.6. The first kappa shape index (κ1) is 16.6. The van der Waals surface area contributed by atoms with Gasteiger partial charge in [0.1, 0.15) is 11.6 Å². The fourth-order valence-corrected chi connectivity index (χ4v) is 2.98. The maximum atomic E-state index is 14.4. The molecule has 25 heavy (non-hydrogen) atoms. The lowest BCUT2D eigenvalue weighted by Crippen LogP contribution is -2.30. The first-order valence-electron chi connectivity index (χ1n) is 7.75. The van der Waals surface area contributed by atoms with Crippen molar-refractivity contribution in [3.63, 3.8) is 0 Å². The van der Waals surface area contributed by atoms with Gasteiger partial charge in [-0.15, -0.1) is 6.58 Å². The Labute approximate surface area is 144 Å². The van der Waals surface area contributed by atoms with Crippen LogP contribution in [0.2, 0.25) is 0 Å². The number of hydrogen-bond acceptors (Lipinski definition) is 3. The van der Waals surface area contributed by atoms with Crippen molar-refractivity contribution in [1.29, 1.82) is 0 Å². The molecule has 2 aromatic carbocycles. The summed E-state index contributed by atoms with van der Waals surface area (Å²) in [4.78, 5) is 26.1. The second kappa shape index (κ2) is 6.73. The van der Waals surface area contributed by atoms with Crippen molar-refractivity contribution >= 4 is 17.4 Å². The summed E-state index contributed by atoms with van der Waals surface area (Å²) in [5.41, 5.74) is 0.421. The zero-order chi connectivity index (χ0) is 18.0. The lowest BCUT2D eigenvalue weighted by molar-refractivity contribution is -0.139. The fraction of sp³-hybridized carbons (Fsp3) is 0.100. The molecule has 1 aliphatic heterocycles. The molecule has 1 atom stereocenters. The highest BCUT2D eigenvalue weighted by Crippen LogP contribution is 2.40. The molecule has 1 fully saturated rings. The molecule has 3 rings (SSSR count). The highest BCUT2D eigenvalue weighted by atomic mass is 19.1. The molecule has 0 bridgehead atoms. The lowest BCUT2D eigenvalue weighted by Gasteiger charge is -2.24. The average Bonchev–Trinajstić information content (AvgIpc) is 2.87. The van der Waals surface area contributed by atoms with Crippen LogP contribution in [0.15, 0.2) is 72.8 Å². The molecular formula is C20H16FNO3. The molecule has 0 saturated carbocycles. The smallest absolute Gasteiger partial charge is 0.295 e. The molecule has 4 nitrogen and oxygen atoms in total. The van der Waals surface area contributed by atoms with Crippen molar-refractivity contribution in [1.82, 2.24) is 4.90 Å². The van der Waals surface area contributed by atoms with Crippen LogP contribution in [0.25, 0.3) is 5.76 Å². The zero-order valence-corrected chi connectivity index (χ0v) is 13.4. The summed E-state index contributed by atoms with van der Waals surface area (Å²) in [6.45, 7) is 3.65. The number of likely N-dealkylation sites (tertiary alicyclic amines) is 1. The molecule has 0 aliphatic carbocycles. The minimum Gasteiger partial charge on any atom is -0.507 e. The highest BCUT2D eigenvalue weighted by Gasteiger charge is 2.46. The van der Waals surface area contributed by atoms with E-state index in [-0.39, 0.29) is 23.4 Å². The van der Waals surface area contributed by atoms with E-state index >= 15 is 0 Å². The molecule has 0 radical (unpaired) electrons. The number of ketones is 1. The summed E-state index contributed by atoms with van der Waals surface area (Å²) in [6, 6.07) is 13.3. The van der Waals surface area contributed by atoms with E-state index < -0.39 is 23.5 Å². The predicted octanol–water partition coefficient (Wildman–Crippen LogP) is 3.43. The first-order valence-corrected chi connectivity index (χ1v) is 7.75. The van der Waals surface area contributed by atoms with E-state index in [1.54, 1.807) is 36.4 Å². The third kappa shape index (κ3) is 2.85. The van der Waals surface area contributed by atoms with Crippen molar-refractivity contribution in [3.05, 3.63) is 89.8 Å². The van der Waals surface area contributed by atoms with E-state index in [0.717, 1.165) is 0 Å². The number of aliphatic hydroxyl groups is 1. The SMILES string of the molecule is C=CCN1C(=O)C(=O)C(=C(O)c2ccccc2)C1c1ccccc1F. The van der Waals surface area contributed by atoms with Gasteiger partial charge in [-0.2, -0.15) is 0 Å². The maximum Gasteiger partial charge on any atom is 0.295 e. The van der Waals surface area contributed by atoms with Crippen molar-refractivity contribution in [3.8, 4) is 0 Å².